The van der Waals surface area contributed by atoms with Crippen molar-refractivity contribution in [2.24, 2.45) is 9.17 Å². The Hall–Kier alpha value is -0.693. The van der Waals surface area contributed by atoms with Crippen LogP contribution >= 0.6 is 0 Å². The lowest BCUT2D eigenvalue weighted by Crippen LogP contribution is -2.37. The zero-order valence-electron chi connectivity index (χ0n) is 15.2. The number of rotatable bonds is 4. The standard InChI is InChI=1S/C16H31N3OSSi/c1-13-11-14(12-19(5)6)9-10-15(13)21(17,20)18-22(7,8)16(2,3)4/h9-11H,12H2,1-8H3,(H2,17,18,20). The predicted octanol–water partition coefficient (Wildman–Crippen LogP) is 3.76. The van der Waals surface area contributed by atoms with Gasteiger partial charge in [-0.15, -0.1) is 0 Å². The van der Waals surface area contributed by atoms with Gasteiger partial charge in [0.2, 0.25) is 0 Å². The van der Waals surface area contributed by atoms with Gasteiger partial charge >= 0.3 is 0 Å². The molecule has 0 amide bonds. The van der Waals surface area contributed by atoms with E-state index in [1.807, 2.05) is 33.2 Å². The average Bonchev–Trinajstić information content (AvgIpc) is 2.24. The maximum Gasteiger partial charge on any atom is 0.195 e. The Morgan fingerprint density at radius 3 is 2.23 bits per heavy atom. The van der Waals surface area contributed by atoms with Gasteiger partial charge in [0.05, 0.1) is 4.90 Å². The van der Waals surface area contributed by atoms with Crippen molar-refractivity contribution in [3.63, 3.8) is 0 Å². The smallest absolute Gasteiger partial charge is 0.195 e. The normalized spacial score (nSPS) is 15.7. The summed E-state index contributed by atoms with van der Waals surface area (Å²) >= 11 is 0. The van der Waals surface area contributed by atoms with Crippen LogP contribution in [-0.2, 0) is 16.5 Å². The molecular formula is C16H31N3OSSi. The van der Waals surface area contributed by atoms with E-state index >= 15 is 0 Å². The van der Waals surface area contributed by atoms with Gasteiger partial charge in [-0.05, 0) is 56.3 Å². The highest BCUT2D eigenvalue weighted by Crippen LogP contribution is 2.38. The molecule has 0 aliphatic rings. The SMILES string of the molecule is Cc1cc(CN(C)C)ccc1S(N)(=O)=N[Si](C)(C)C(C)(C)C. The molecule has 1 rings (SSSR count). The van der Waals surface area contributed by atoms with Crippen LogP contribution in [0.5, 0.6) is 0 Å². The van der Waals surface area contributed by atoms with Crippen LogP contribution in [0.3, 0.4) is 0 Å². The van der Waals surface area contributed by atoms with E-state index in [2.05, 4.69) is 48.9 Å². The molecular weight excluding hydrogens is 310 g/mol. The Labute approximate surface area is 137 Å². The van der Waals surface area contributed by atoms with Crippen LogP contribution in [-0.4, -0.2) is 31.4 Å². The van der Waals surface area contributed by atoms with E-state index in [9.17, 15) is 4.21 Å². The van der Waals surface area contributed by atoms with Crippen LogP contribution in [0.15, 0.2) is 27.1 Å². The van der Waals surface area contributed by atoms with E-state index in [0.717, 1.165) is 12.1 Å². The van der Waals surface area contributed by atoms with Crippen molar-refractivity contribution in [2.75, 3.05) is 14.1 Å². The quantitative estimate of drug-likeness (QED) is 0.848. The summed E-state index contributed by atoms with van der Waals surface area (Å²) in [5, 5.41) is 6.18. The topological polar surface area (TPSA) is 58.7 Å². The highest BCUT2D eigenvalue weighted by Gasteiger charge is 2.37. The highest BCUT2D eigenvalue weighted by atomic mass is 32.2. The van der Waals surface area contributed by atoms with Crippen LogP contribution < -0.4 is 5.14 Å². The van der Waals surface area contributed by atoms with E-state index in [-0.39, 0.29) is 5.04 Å². The van der Waals surface area contributed by atoms with Crippen molar-refractivity contribution >= 4 is 18.2 Å². The molecule has 1 unspecified atom stereocenters. The molecule has 0 radical (unpaired) electrons. The molecule has 0 saturated heterocycles. The summed E-state index contributed by atoms with van der Waals surface area (Å²) in [4.78, 5) is 2.77. The first-order valence-electron chi connectivity index (χ1n) is 7.56. The number of nitrogens with zero attached hydrogens (tertiary/aromatic N) is 2. The van der Waals surface area contributed by atoms with E-state index in [0.29, 0.717) is 4.90 Å². The third-order valence-electron chi connectivity index (χ3n) is 4.25. The van der Waals surface area contributed by atoms with Gasteiger partial charge < -0.3 is 4.90 Å². The molecule has 1 aromatic carbocycles. The van der Waals surface area contributed by atoms with Gasteiger partial charge in [0.15, 0.2) is 8.24 Å². The molecule has 2 N–H and O–H groups in total. The summed E-state index contributed by atoms with van der Waals surface area (Å²) in [6.07, 6.45) is 0. The molecule has 4 nitrogen and oxygen atoms in total. The Morgan fingerprint density at radius 2 is 1.82 bits per heavy atom. The van der Waals surface area contributed by atoms with Crippen molar-refractivity contribution in [3.05, 3.63) is 29.3 Å². The Balaban J connectivity index is 3.33. The molecule has 1 aromatic rings. The zero-order valence-corrected chi connectivity index (χ0v) is 17.0. The number of nitrogens with two attached hydrogens (primary N) is 1. The molecule has 0 bridgehead atoms. The van der Waals surface area contributed by atoms with E-state index in [1.54, 1.807) is 0 Å². The maximum atomic E-state index is 13.0. The molecule has 0 saturated carbocycles. The molecule has 0 heterocycles. The lowest BCUT2D eigenvalue weighted by molar-refractivity contribution is 0.402. The number of aryl methyl sites for hydroxylation is 1. The summed E-state index contributed by atoms with van der Waals surface area (Å²) < 4.78 is 17.7. The molecule has 0 aromatic heterocycles. The van der Waals surface area contributed by atoms with Crippen molar-refractivity contribution in [1.29, 1.82) is 0 Å². The first-order valence-corrected chi connectivity index (χ1v) is 12.1. The van der Waals surface area contributed by atoms with Crippen molar-refractivity contribution in [3.8, 4) is 0 Å². The van der Waals surface area contributed by atoms with Crippen LogP contribution in [0.25, 0.3) is 0 Å². The van der Waals surface area contributed by atoms with Gasteiger partial charge in [-0.25, -0.2) is 9.35 Å². The lowest BCUT2D eigenvalue weighted by Gasteiger charge is -2.33. The third-order valence-corrected chi connectivity index (χ3v) is 11.9. The zero-order chi connectivity index (χ0) is 17.3. The summed E-state index contributed by atoms with van der Waals surface area (Å²) in [7, 11) is -0.864. The van der Waals surface area contributed by atoms with E-state index in [1.165, 1.54) is 5.56 Å². The van der Waals surface area contributed by atoms with Crippen LogP contribution in [0.4, 0.5) is 0 Å². The second kappa shape index (κ2) is 6.43. The first kappa shape index (κ1) is 19.4. The van der Waals surface area contributed by atoms with Crippen LogP contribution in [0, 0.1) is 6.92 Å². The average molecular weight is 342 g/mol. The fourth-order valence-corrected chi connectivity index (χ4v) is 7.01. The largest absolute Gasteiger partial charge is 0.305 e. The summed E-state index contributed by atoms with van der Waals surface area (Å²) in [5.74, 6) is 0. The minimum Gasteiger partial charge on any atom is -0.305 e. The molecule has 0 aliphatic carbocycles. The third kappa shape index (κ3) is 4.65. The highest BCUT2D eigenvalue weighted by molar-refractivity contribution is 7.92. The minimum atomic E-state index is -2.85. The molecule has 0 aliphatic heterocycles. The maximum absolute atomic E-state index is 13.0. The fraction of sp³-hybridized carbons (Fsp3) is 0.625. The fourth-order valence-electron chi connectivity index (χ4n) is 2.03. The molecule has 22 heavy (non-hydrogen) atoms. The monoisotopic (exact) mass is 341 g/mol. The van der Waals surface area contributed by atoms with Gasteiger partial charge in [-0.2, -0.15) is 0 Å². The number of benzene rings is 1. The van der Waals surface area contributed by atoms with Gasteiger partial charge in [-0.1, -0.05) is 32.9 Å². The molecule has 6 heteroatoms. The first-order chi connectivity index (χ1) is 9.76. The van der Waals surface area contributed by atoms with Gasteiger partial charge in [0.1, 0.15) is 9.92 Å². The van der Waals surface area contributed by atoms with Crippen molar-refractivity contribution in [2.45, 2.75) is 57.3 Å². The number of hydrogen-bond donors (Lipinski definition) is 1. The summed E-state index contributed by atoms with van der Waals surface area (Å²) in [5.41, 5.74) is 2.14. The number of hydrogen-bond acceptors (Lipinski definition) is 3. The minimum absolute atomic E-state index is 0.0216. The van der Waals surface area contributed by atoms with Crippen molar-refractivity contribution < 1.29 is 4.21 Å². The molecule has 126 valence electrons. The summed E-state index contributed by atoms with van der Waals surface area (Å²) in [6, 6.07) is 5.94. The Morgan fingerprint density at radius 1 is 1.27 bits per heavy atom. The van der Waals surface area contributed by atoms with Crippen molar-refractivity contribution in [1.82, 2.24) is 4.90 Å². The van der Waals surface area contributed by atoms with Gasteiger partial charge in [0.25, 0.3) is 0 Å². The molecule has 0 spiro atoms. The lowest BCUT2D eigenvalue weighted by atomic mass is 10.1. The predicted molar refractivity (Wildman–Crippen MR) is 98.8 cm³/mol. The Bertz CT molecular complexity index is 654. The Kier molecular flexibility index (Phi) is 5.66. The second-order valence-electron chi connectivity index (χ2n) is 7.81. The van der Waals surface area contributed by atoms with E-state index in [4.69, 9.17) is 5.14 Å². The van der Waals surface area contributed by atoms with Gasteiger partial charge in [-0.3, -0.25) is 4.03 Å². The summed E-state index contributed by atoms with van der Waals surface area (Å²) in [6.45, 7) is 13.5. The van der Waals surface area contributed by atoms with Crippen LogP contribution in [0.1, 0.15) is 31.9 Å². The molecule has 0 fully saturated rings. The van der Waals surface area contributed by atoms with E-state index < -0.39 is 18.2 Å². The molecule has 1 atom stereocenters. The van der Waals surface area contributed by atoms with Gasteiger partial charge in [0, 0.05) is 6.54 Å². The van der Waals surface area contributed by atoms with Crippen LogP contribution in [0.2, 0.25) is 18.1 Å². The second-order valence-corrected chi connectivity index (χ2v) is 14.7.